The molecule has 0 aliphatic carbocycles. The Morgan fingerprint density at radius 1 is 0.857 bits per heavy atom. The zero-order chi connectivity index (χ0) is 20.1. The minimum atomic E-state index is -3.41. The second-order valence-electron chi connectivity index (χ2n) is 7.14. The summed E-state index contributed by atoms with van der Waals surface area (Å²) in [5, 5.41) is 9.81. The fraction of sp³-hybridized carbons (Fsp3) is 0.737. The van der Waals surface area contributed by atoms with Crippen molar-refractivity contribution in [1.29, 1.82) is 0 Å². The van der Waals surface area contributed by atoms with Gasteiger partial charge in [0, 0.05) is 19.6 Å². The molecule has 0 saturated carbocycles. The van der Waals surface area contributed by atoms with Crippen LogP contribution in [0.1, 0.15) is 64.2 Å². The van der Waals surface area contributed by atoms with Crippen LogP contribution in [-0.2, 0) is 16.4 Å². The largest absolute Gasteiger partial charge is 0.338 e. The molecule has 0 atom stereocenters. The van der Waals surface area contributed by atoms with Gasteiger partial charge in [0.25, 0.3) is 0 Å². The highest BCUT2D eigenvalue weighted by Gasteiger charge is 2.21. The number of carbonyl (C=O) groups excluding carboxylic acids is 1. The molecular weight excluding hydrogens is 378 g/mol. The van der Waals surface area contributed by atoms with Gasteiger partial charge in [-0.3, -0.25) is 0 Å². The number of sulfone groups is 1. The van der Waals surface area contributed by atoms with Crippen LogP contribution in [-0.4, -0.2) is 48.1 Å². The van der Waals surface area contributed by atoms with Gasteiger partial charge in [0.2, 0.25) is 15.0 Å². The van der Waals surface area contributed by atoms with Crippen molar-refractivity contribution in [2.24, 2.45) is 0 Å². The van der Waals surface area contributed by atoms with Crippen molar-refractivity contribution in [3.8, 4) is 0 Å². The van der Waals surface area contributed by atoms with Crippen molar-refractivity contribution >= 4 is 15.9 Å². The van der Waals surface area contributed by atoms with Gasteiger partial charge in [-0.15, -0.1) is 0 Å². The molecule has 0 unspecified atom stereocenters. The molecule has 2 N–H and O–H groups in total. The first-order chi connectivity index (χ1) is 13.6. The maximum absolute atomic E-state index is 12.5. The zero-order valence-corrected chi connectivity index (χ0v) is 17.4. The molecular formula is C19H33N5O3S. The maximum atomic E-state index is 12.5. The van der Waals surface area contributed by atoms with Crippen LogP contribution < -0.4 is 10.6 Å². The van der Waals surface area contributed by atoms with Gasteiger partial charge in [-0.1, -0.05) is 25.0 Å². The second kappa shape index (κ2) is 12.5. The molecule has 0 saturated heterocycles. The zero-order valence-electron chi connectivity index (χ0n) is 16.6. The summed E-state index contributed by atoms with van der Waals surface area (Å²) >= 11 is 0. The van der Waals surface area contributed by atoms with E-state index in [0.29, 0.717) is 26.1 Å². The van der Waals surface area contributed by atoms with Crippen molar-refractivity contribution < 1.29 is 13.2 Å². The van der Waals surface area contributed by atoms with Crippen molar-refractivity contribution in [2.75, 3.05) is 18.8 Å². The Kier molecular flexibility index (Phi) is 10.0. The third-order valence-electron chi connectivity index (χ3n) is 4.72. The first-order valence-electron chi connectivity index (χ1n) is 10.4. The maximum Gasteiger partial charge on any atom is 0.314 e. The number of urea groups is 1. The monoisotopic (exact) mass is 411 g/mol. The Morgan fingerprint density at radius 3 is 2.25 bits per heavy atom. The van der Waals surface area contributed by atoms with Crippen LogP contribution in [0.25, 0.3) is 0 Å². The van der Waals surface area contributed by atoms with Crippen molar-refractivity contribution in [1.82, 2.24) is 25.4 Å². The number of nitrogens with one attached hydrogen (secondary N) is 2. The van der Waals surface area contributed by atoms with E-state index in [1.54, 1.807) is 0 Å². The Morgan fingerprint density at radius 2 is 1.50 bits per heavy atom. The summed E-state index contributed by atoms with van der Waals surface area (Å²) in [4.78, 5) is 15.7. The summed E-state index contributed by atoms with van der Waals surface area (Å²) in [6, 6.07) is -0.151. The Hall–Kier alpha value is -1.90. The minimum absolute atomic E-state index is 0.0586. The summed E-state index contributed by atoms with van der Waals surface area (Å²) in [6.07, 6.45) is 14.9. The number of hydrogen-bond donors (Lipinski definition) is 2. The molecule has 1 aromatic rings. The SMILES string of the molecule is O=C1NCCCC/C=C\CCCCCCS(=O)(=O)c2ncnn2CCCCN1. The van der Waals surface area contributed by atoms with Gasteiger partial charge < -0.3 is 10.6 Å². The quantitative estimate of drug-likeness (QED) is 0.639. The average molecular weight is 412 g/mol. The molecule has 1 aromatic heterocycles. The van der Waals surface area contributed by atoms with Crippen LogP contribution in [0.4, 0.5) is 4.79 Å². The van der Waals surface area contributed by atoms with E-state index in [1.807, 2.05) is 0 Å². The van der Waals surface area contributed by atoms with Gasteiger partial charge in [-0.25, -0.2) is 22.9 Å². The fourth-order valence-corrected chi connectivity index (χ4v) is 4.56. The Balaban J connectivity index is 1.88. The number of aromatic nitrogens is 3. The lowest BCUT2D eigenvalue weighted by Gasteiger charge is -2.09. The highest BCUT2D eigenvalue weighted by Crippen LogP contribution is 2.12. The number of rotatable bonds is 0. The van der Waals surface area contributed by atoms with E-state index in [2.05, 4.69) is 32.9 Å². The number of nitrogens with zero attached hydrogens (tertiary/aromatic N) is 3. The van der Waals surface area contributed by atoms with E-state index in [4.69, 9.17) is 0 Å². The average Bonchev–Trinajstić information content (AvgIpc) is 3.14. The van der Waals surface area contributed by atoms with Gasteiger partial charge >= 0.3 is 6.03 Å². The number of fused-ring (bicyclic) bond motifs is 1. The van der Waals surface area contributed by atoms with Gasteiger partial charge in [-0.05, 0) is 51.4 Å². The van der Waals surface area contributed by atoms with E-state index in [1.165, 1.54) is 11.0 Å². The molecule has 1 aliphatic heterocycles. The summed E-state index contributed by atoms with van der Waals surface area (Å²) in [7, 11) is -3.41. The van der Waals surface area contributed by atoms with Crippen LogP contribution in [0.3, 0.4) is 0 Å². The standard InChI is InChI=1S/C19H33N5O3S/c25-18-20-13-9-7-5-3-1-2-4-6-8-12-16-28(26,27)19-22-17-23-24(19)15-11-10-14-21-18/h1,3,17H,2,4-16H2,(H2,20,21,25)/b3-1-. The number of hydrogen-bond acceptors (Lipinski definition) is 5. The second-order valence-corrected chi connectivity index (χ2v) is 9.15. The van der Waals surface area contributed by atoms with Crippen molar-refractivity contribution in [3.63, 3.8) is 0 Å². The molecule has 2 rings (SSSR count). The summed E-state index contributed by atoms with van der Waals surface area (Å²) in [5.74, 6) is 0.114. The number of amides is 2. The highest BCUT2D eigenvalue weighted by molar-refractivity contribution is 7.91. The lowest BCUT2D eigenvalue weighted by molar-refractivity contribution is 0.240. The summed E-state index contributed by atoms with van der Waals surface area (Å²) in [6.45, 7) is 1.70. The van der Waals surface area contributed by atoms with E-state index in [0.717, 1.165) is 57.8 Å². The van der Waals surface area contributed by atoms with Crippen LogP contribution in [0.2, 0.25) is 0 Å². The normalized spacial score (nSPS) is 22.5. The van der Waals surface area contributed by atoms with E-state index in [-0.39, 0.29) is 16.9 Å². The lowest BCUT2D eigenvalue weighted by Crippen LogP contribution is -2.36. The first kappa shape index (κ1) is 22.4. The molecule has 0 radical (unpaired) electrons. The highest BCUT2D eigenvalue weighted by atomic mass is 32.2. The first-order valence-corrected chi connectivity index (χ1v) is 12.0. The lowest BCUT2D eigenvalue weighted by atomic mass is 10.1. The molecule has 0 bridgehead atoms. The fourth-order valence-electron chi connectivity index (χ4n) is 3.12. The van der Waals surface area contributed by atoms with E-state index in [9.17, 15) is 13.2 Å². The van der Waals surface area contributed by atoms with Gasteiger partial charge in [0.15, 0.2) is 0 Å². The summed E-state index contributed by atoms with van der Waals surface area (Å²) in [5.41, 5.74) is 0. The molecule has 9 heteroatoms. The van der Waals surface area contributed by atoms with Gasteiger partial charge in [-0.2, -0.15) is 5.10 Å². The molecule has 158 valence electrons. The van der Waals surface area contributed by atoms with E-state index < -0.39 is 9.84 Å². The van der Waals surface area contributed by atoms with Crippen LogP contribution >= 0.6 is 0 Å². The smallest absolute Gasteiger partial charge is 0.314 e. The van der Waals surface area contributed by atoms with Crippen molar-refractivity contribution in [2.45, 2.75) is 75.9 Å². The molecule has 2 heterocycles. The van der Waals surface area contributed by atoms with Crippen LogP contribution in [0.5, 0.6) is 0 Å². The number of carbonyl (C=O) groups is 1. The van der Waals surface area contributed by atoms with Gasteiger partial charge in [0.1, 0.15) is 6.33 Å². The molecule has 28 heavy (non-hydrogen) atoms. The Bertz CT molecular complexity index is 715. The molecule has 0 fully saturated rings. The number of aryl methyl sites for hydroxylation is 1. The predicted molar refractivity (Wildman–Crippen MR) is 109 cm³/mol. The molecule has 2 amide bonds. The summed E-state index contributed by atoms with van der Waals surface area (Å²) < 4.78 is 26.6. The van der Waals surface area contributed by atoms with Crippen LogP contribution in [0.15, 0.2) is 23.6 Å². The topological polar surface area (TPSA) is 106 Å². The van der Waals surface area contributed by atoms with Crippen LogP contribution in [0, 0.1) is 0 Å². The minimum Gasteiger partial charge on any atom is -0.338 e. The predicted octanol–water partition coefficient (Wildman–Crippen LogP) is 2.82. The molecule has 0 aromatic carbocycles. The molecule has 8 nitrogen and oxygen atoms in total. The van der Waals surface area contributed by atoms with Gasteiger partial charge in [0.05, 0.1) is 5.75 Å². The number of allylic oxidation sites excluding steroid dienone is 2. The third kappa shape index (κ3) is 8.41. The molecule has 0 spiro atoms. The van der Waals surface area contributed by atoms with Crippen molar-refractivity contribution in [3.05, 3.63) is 18.5 Å². The Labute approximate surface area is 168 Å². The van der Waals surface area contributed by atoms with E-state index >= 15 is 0 Å². The molecule has 1 aliphatic rings. The third-order valence-corrected chi connectivity index (χ3v) is 6.42.